The molecule has 1 aliphatic heterocycles. The number of hydrogen-bond acceptors (Lipinski definition) is 6. The van der Waals surface area contributed by atoms with Gasteiger partial charge in [-0.25, -0.2) is 4.79 Å². The first-order chi connectivity index (χ1) is 11.2. The highest BCUT2D eigenvalue weighted by Gasteiger charge is 2.21. The average molecular weight is 335 g/mol. The fourth-order valence-electron chi connectivity index (χ4n) is 2.78. The molecule has 0 saturated carbocycles. The molecule has 1 fully saturated rings. The van der Waals surface area contributed by atoms with Gasteiger partial charge in [0.2, 0.25) is 5.76 Å². The topological polar surface area (TPSA) is 51.9 Å². The predicted octanol–water partition coefficient (Wildman–Crippen LogP) is 3.31. The molecule has 3 heterocycles. The van der Waals surface area contributed by atoms with Gasteiger partial charge in [-0.15, -0.1) is 11.3 Å². The molecule has 0 spiro atoms. The summed E-state index contributed by atoms with van der Waals surface area (Å²) in [4.78, 5) is 15.1. The molecule has 23 heavy (non-hydrogen) atoms. The highest BCUT2D eigenvalue weighted by molar-refractivity contribution is 7.09. The van der Waals surface area contributed by atoms with E-state index in [0.29, 0.717) is 6.54 Å². The van der Waals surface area contributed by atoms with E-state index in [1.54, 1.807) is 17.4 Å². The van der Waals surface area contributed by atoms with Gasteiger partial charge >= 0.3 is 5.97 Å². The van der Waals surface area contributed by atoms with Crippen LogP contribution in [-0.4, -0.2) is 37.2 Å². The van der Waals surface area contributed by atoms with Crippen LogP contribution in [0.2, 0.25) is 0 Å². The Morgan fingerprint density at radius 1 is 1.39 bits per heavy atom. The van der Waals surface area contributed by atoms with E-state index >= 15 is 0 Å². The lowest BCUT2D eigenvalue weighted by Gasteiger charge is -2.23. The van der Waals surface area contributed by atoms with Crippen LogP contribution in [0.5, 0.6) is 0 Å². The smallest absolute Gasteiger partial charge is 0.373 e. The second-order valence-electron chi connectivity index (χ2n) is 5.64. The summed E-state index contributed by atoms with van der Waals surface area (Å²) < 4.78 is 16.0. The van der Waals surface area contributed by atoms with E-state index in [4.69, 9.17) is 9.15 Å². The van der Waals surface area contributed by atoms with E-state index in [1.807, 2.05) is 6.07 Å². The summed E-state index contributed by atoms with van der Waals surface area (Å²) in [5, 5.41) is 2.09. The maximum absolute atomic E-state index is 11.5. The monoisotopic (exact) mass is 335 g/mol. The number of ether oxygens (including phenoxy) is 2. The van der Waals surface area contributed by atoms with Crippen molar-refractivity contribution in [2.45, 2.75) is 32.0 Å². The van der Waals surface area contributed by atoms with E-state index in [1.165, 1.54) is 12.0 Å². The predicted molar refractivity (Wildman–Crippen MR) is 87.5 cm³/mol. The van der Waals surface area contributed by atoms with Crippen LogP contribution in [0.3, 0.4) is 0 Å². The van der Waals surface area contributed by atoms with E-state index in [0.717, 1.165) is 38.3 Å². The number of carbonyl (C=O) groups is 1. The highest BCUT2D eigenvalue weighted by atomic mass is 32.1. The molecule has 124 valence electrons. The minimum atomic E-state index is -0.444. The first-order valence-corrected chi connectivity index (χ1v) is 8.66. The summed E-state index contributed by atoms with van der Waals surface area (Å²) in [6.07, 6.45) is 2.52. The van der Waals surface area contributed by atoms with Gasteiger partial charge in [-0.2, -0.15) is 0 Å². The summed E-state index contributed by atoms with van der Waals surface area (Å²) in [6, 6.07) is 7.70. The van der Waals surface area contributed by atoms with Crippen molar-refractivity contribution < 1.29 is 18.7 Å². The van der Waals surface area contributed by atoms with Crippen LogP contribution in [-0.2, 0) is 22.6 Å². The van der Waals surface area contributed by atoms with Crippen molar-refractivity contribution in [3.05, 3.63) is 46.0 Å². The molecule has 2 aromatic heterocycles. The molecule has 6 heteroatoms. The summed E-state index contributed by atoms with van der Waals surface area (Å²) in [5.74, 6) is 0.566. The average Bonchev–Trinajstić information content (AvgIpc) is 3.28. The van der Waals surface area contributed by atoms with Gasteiger partial charge in [0.05, 0.1) is 19.8 Å². The van der Waals surface area contributed by atoms with Gasteiger partial charge in [-0.05, 0) is 36.4 Å². The van der Waals surface area contributed by atoms with Crippen molar-refractivity contribution in [1.82, 2.24) is 4.90 Å². The number of carbonyl (C=O) groups excluding carboxylic acids is 1. The van der Waals surface area contributed by atoms with Gasteiger partial charge in [0.1, 0.15) is 5.76 Å². The van der Waals surface area contributed by atoms with Gasteiger partial charge in [-0.1, -0.05) is 6.07 Å². The molecule has 1 atom stereocenters. The van der Waals surface area contributed by atoms with Crippen LogP contribution < -0.4 is 0 Å². The first kappa shape index (κ1) is 16.2. The molecule has 5 nitrogen and oxygen atoms in total. The van der Waals surface area contributed by atoms with Crippen LogP contribution in [0, 0.1) is 0 Å². The largest absolute Gasteiger partial charge is 0.463 e. The van der Waals surface area contributed by atoms with Gasteiger partial charge in [-0.3, -0.25) is 4.90 Å². The van der Waals surface area contributed by atoms with Crippen LogP contribution >= 0.6 is 11.3 Å². The lowest BCUT2D eigenvalue weighted by atomic mass is 10.2. The number of furan rings is 1. The van der Waals surface area contributed by atoms with Crippen molar-refractivity contribution in [2.75, 3.05) is 20.3 Å². The number of hydrogen-bond donors (Lipinski definition) is 0. The molecule has 2 aromatic rings. The van der Waals surface area contributed by atoms with Crippen molar-refractivity contribution >= 4 is 17.3 Å². The molecular formula is C17H21NO4S. The third-order valence-electron chi connectivity index (χ3n) is 3.87. The quantitative estimate of drug-likeness (QED) is 0.727. The Morgan fingerprint density at radius 2 is 2.30 bits per heavy atom. The summed E-state index contributed by atoms with van der Waals surface area (Å²) in [5.41, 5.74) is 0. The van der Waals surface area contributed by atoms with Crippen molar-refractivity contribution in [3.8, 4) is 0 Å². The number of methoxy groups -OCH3 is 1. The standard InChI is InChI=1S/C17H21NO4S/c1-20-17(19)16-7-6-14(22-16)11-18(10-13-4-2-8-21-13)12-15-5-3-9-23-15/h3,5-7,9,13H,2,4,8,10-12H2,1H3. The Hall–Kier alpha value is -1.63. The number of esters is 1. The van der Waals surface area contributed by atoms with Crippen molar-refractivity contribution in [1.29, 1.82) is 0 Å². The van der Waals surface area contributed by atoms with E-state index < -0.39 is 5.97 Å². The maximum Gasteiger partial charge on any atom is 0.373 e. The van der Waals surface area contributed by atoms with E-state index in [-0.39, 0.29) is 11.9 Å². The molecule has 0 bridgehead atoms. The molecule has 0 radical (unpaired) electrons. The number of nitrogens with zero attached hydrogens (tertiary/aromatic N) is 1. The van der Waals surface area contributed by atoms with Gasteiger partial charge < -0.3 is 13.9 Å². The fourth-order valence-corrected chi connectivity index (χ4v) is 3.52. The van der Waals surface area contributed by atoms with Crippen LogP contribution in [0.1, 0.15) is 34.0 Å². The number of thiophene rings is 1. The second-order valence-corrected chi connectivity index (χ2v) is 6.67. The molecule has 0 amide bonds. The highest BCUT2D eigenvalue weighted by Crippen LogP contribution is 2.20. The maximum atomic E-state index is 11.5. The van der Waals surface area contributed by atoms with Crippen LogP contribution in [0.15, 0.2) is 34.1 Å². The Kier molecular flexibility index (Phi) is 5.48. The third kappa shape index (κ3) is 4.43. The zero-order chi connectivity index (χ0) is 16.1. The van der Waals surface area contributed by atoms with Crippen LogP contribution in [0.25, 0.3) is 0 Å². The van der Waals surface area contributed by atoms with Crippen molar-refractivity contribution in [3.63, 3.8) is 0 Å². The molecule has 1 aliphatic rings. The number of rotatable bonds is 7. The first-order valence-electron chi connectivity index (χ1n) is 7.78. The molecular weight excluding hydrogens is 314 g/mol. The summed E-state index contributed by atoms with van der Waals surface area (Å²) in [7, 11) is 1.35. The Balaban J connectivity index is 1.66. The fraction of sp³-hybridized carbons (Fsp3) is 0.471. The molecule has 0 aliphatic carbocycles. The van der Waals surface area contributed by atoms with Crippen LogP contribution in [0.4, 0.5) is 0 Å². The Morgan fingerprint density at radius 3 is 3.00 bits per heavy atom. The minimum Gasteiger partial charge on any atom is -0.463 e. The van der Waals surface area contributed by atoms with Gasteiger partial charge in [0, 0.05) is 24.6 Å². The van der Waals surface area contributed by atoms with Gasteiger partial charge in [0.25, 0.3) is 0 Å². The SMILES string of the molecule is COC(=O)c1ccc(CN(Cc2cccs2)CC2CCCO2)o1. The zero-order valence-electron chi connectivity index (χ0n) is 13.2. The zero-order valence-corrected chi connectivity index (χ0v) is 14.0. The summed E-state index contributed by atoms with van der Waals surface area (Å²) >= 11 is 1.75. The summed E-state index contributed by atoms with van der Waals surface area (Å²) in [6.45, 7) is 3.22. The normalized spacial score (nSPS) is 17.7. The molecule has 0 aromatic carbocycles. The Labute approximate surface area is 139 Å². The molecule has 0 N–H and O–H groups in total. The molecule has 3 rings (SSSR count). The lowest BCUT2D eigenvalue weighted by Crippen LogP contribution is -2.31. The minimum absolute atomic E-state index is 0.246. The Bertz CT molecular complexity index is 616. The third-order valence-corrected chi connectivity index (χ3v) is 4.73. The molecule has 1 unspecified atom stereocenters. The van der Waals surface area contributed by atoms with E-state index in [2.05, 4.69) is 27.1 Å². The van der Waals surface area contributed by atoms with Crippen molar-refractivity contribution in [2.24, 2.45) is 0 Å². The molecule has 1 saturated heterocycles. The van der Waals surface area contributed by atoms with Gasteiger partial charge in [0.15, 0.2) is 0 Å². The van der Waals surface area contributed by atoms with E-state index in [9.17, 15) is 4.79 Å². The second kappa shape index (κ2) is 7.77. The lowest BCUT2D eigenvalue weighted by molar-refractivity contribution is 0.0548.